The van der Waals surface area contributed by atoms with E-state index in [0.29, 0.717) is 6.54 Å². The van der Waals surface area contributed by atoms with Crippen LogP contribution in [0.3, 0.4) is 0 Å². The van der Waals surface area contributed by atoms with Gasteiger partial charge in [0.25, 0.3) is 0 Å². The molecule has 3 heterocycles. The molecule has 21 heavy (non-hydrogen) atoms. The van der Waals surface area contributed by atoms with Crippen molar-refractivity contribution in [2.75, 3.05) is 6.79 Å². The van der Waals surface area contributed by atoms with Crippen LogP contribution in [-0.4, -0.2) is 16.2 Å². The Hall–Kier alpha value is -2.53. The van der Waals surface area contributed by atoms with E-state index in [-0.39, 0.29) is 6.79 Å². The average Bonchev–Trinajstić information content (AvgIpc) is 3.10. The lowest BCUT2D eigenvalue weighted by molar-refractivity contribution is 0.174. The van der Waals surface area contributed by atoms with Crippen molar-refractivity contribution in [3.63, 3.8) is 0 Å². The molecule has 3 aromatic rings. The molecular formula is C16H15N3O2. The van der Waals surface area contributed by atoms with Crippen LogP contribution in [0.4, 0.5) is 0 Å². The fraction of sp³-hybridized carbons (Fsp3) is 0.188. The highest BCUT2D eigenvalue weighted by Crippen LogP contribution is 2.36. The van der Waals surface area contributed by atoms with E-state index in [2.05, 4.69) is 4.40 Å². The first-order valence-electron chi connectivity index (χ1n) is 6.84. The summed E-state index contributed by atoms with van der Waals surface area (Å²) in [6, 6.07) is 9.91. The van der Waals surface area contributed by atoms with Gasteiger partial charge in [0.1, 0.15) is 5.65 Å². The molecule has 0 radical (unpaired) electrons. The molecular weight excluding hydrogens is 266 g/mol. The number of benzene rings is 1. The first-order valence-corrected chi connectivity index (χ1v) is 6.84. The number of pyridine rings is 1. The van der Waals surface area contributed by atoms with Crippen molar-refractivity contribution in [2.24, 2.45) is 5.73 Å². The summed E-state index contributed by atoms with van der Waals surface area (Å²) >= 11 is 0. The van der Waals surface area contributed by atoms with Crippen LogP contribution in [0, 0.1) is 6.92 Å². The number of hydrogen-bond donors (Lipinski definition) is 1. The third-order valence-corrected chi connectivity index (χ3v) is 3.78. The lowest BCUT2D eigenvalue weighted by atomic mass is 10.1. The number of hydrogen-bond acceptors (Lipinski definition) is 4. The number of rotatable bonds is 2. The zero-order valence-electron chi connectivity index (χ0n) is 11.7. The third kappa shape index (κ3) is 1.78. The minimum absolute atomic E-state index is 0.271. The van der Waals surface area contributed by atoms with Gasteiger partial charge in [0.15, 0.2) is 11.5 Å². The van der Waals surface area contributed by atoms with Gasteiger partial charge < -0.3 is 19.6 Å². The first kappa shape index (κ1) is 12.2. The minimum Gasteiger partial charge on any atom is -0.454 e. The first-order chi connectivity index (χ1) is 10.3. The van der Waals surface area contributed by atoms with Gasteiger partial charge in [-0.3, -0.25) is 0 Å². The lowest BCUT2D eigenvalue weighted by Gasteiger charge is -2.04. The largest absolute Gasteiger partial charge is 0.454 e. The zero-order chi connectivity index (χ0) is 14.4. The number of imidazole rings is 1. The van der Waals surface area contributed by atoms with Gasteiger partial charge in [0.05, 0.1) is 11.4 Å². The van der Waals surface area contributed by atoms with Crippen LogP contribution in [0.1, 0.15) is 11.3 Å². The summed E-state index contributed by atoms with van der Waals surface area (Å²) < 4.78 is 12.8. The fourth-order valence-corrected chi connectivity index (χ4v) is 2.72. The monoisotopic (exact) mass is 281 g/mol. The van der Waals surface area contributed by atoms with Gasteiger partial charge >= 0.3 is 0 Å². The molecule has 0 amide bonds. The summed E-state index contributed by atoms with van der Waals surface area (Å²) in [5.74, 6) is 1.53. The molecule has 2 N–H and O–H groups in total. The van der Waals surface area contributed by atoms with E-state index in [0.717, 1.165) is 39.7 Å². The van der Waals surface area contributed by atoms with E-state index in [1.807, 2.05) is 43.5 Å². The summed E-state index contributed by atoms with van der Waals surface area (Å²) in [6.45, 7) is 2.74. The van der Waals surface area contributed by atoms with Crippen molar-refractivity contribution < 1.29 is 9.47 Å². The summed E-state index contributed by atoms with van der Waals surface area (Å²) in [4.78, 5) is 4.77. The van der Waals surface area contributed by atoms with E-state index in [1.54, 1.807) is 0 Å². The van der Waals surface area contributed by atoms with E-state index < -0.39 is 0 Å². The number of nitrogens with zero attached hydrogens (tertiary/aromatic N) is 2. The Kier molecular flexibility index (Phi) is 2.62. The number of aromatic nitrogens is 2. The Morgan fingerprint density at radius 3 is 2.95 bits per heavy atom. The van der Waals surface area contributed by atoms with E-state index >= 15 is 0 Å². The van der Waals surface area contributed by atoms with Crippen molar-refractivity contribution in [1.29, 1.82) is 0 Å². The van der Waals surface area contributed by atoms with Crippen LogP contribution in [0.25, 0.3) is 16.9 Å². The van der Waals surface area contributed by atoms with E-state index in [1.165, 1.54) is 0 Å². The van der Waals surface area contributed by atoms with Gasteiger partial charge in [0, 0.05) is 18.3 Å². The zero-order valence-corrected chi connectivity index (χ0v) is 11.7. The van der Waals surface area contributed by atoms with Crippen LogP contribution in [-0.2, 0) is 6.54 Å². The summed E-state index contributed by atoms with van der Waals surface area (Å²) in [5, 5.41) is 0. The molecule has 0 unspecified atom stereocenters. The molecule has 1 aliphatic rings. The van der Waals surface area contributed by atoms with Crippen molar-refractivity contribution in [3.05, 3.63) is 47.8 Å². The van der Waals surface area contributed by atoms with E-state index in [9.17, 15) is 0 Å². The van der Waals surface area contributed by atoms with Crippen molar-refractivity contribution in [1.82, 2.24) is 9.38 Å². The number of ether oxygens (including phenoxy) is 2. The maximum atomic E-state index is 5.94. The van der Waals surface area contributed by atoms with Crippen LogP contribution in [0.5, 0.6) is 11.5 Å². The van der Waals surface area contributed by atoms with Gasteiger partial charge in [-0.2, -0.15) is 0 Å². The molecule has 0 saturated heterocycles. The minimum atomic E-state index is 0.271. The summed E-state index contributed by atoms with van der Waals surface area (Å²) in [6.07, 6.45) is 1.99. The number of fused-ring (bicyclic) bond motifs is 2. The highest BCUT2D eigenvalue weighted by atomic mass is 16.7. The highest BCUT2D eigenvalue weighted by molar-refractivity contribution is 5.70. The number of aryl methyl sites for hydroxylation is 1. The van der Waals surface area contributed by atoms with Gasteiger partial charge in [-0.25, -0.2) is 4.98 Å². The molecule has 1 aliphatic heterocycles. The molecule has 0 atom stereocenters. The molecule has 106 valence electrons. The Balaban J connectivity index is 1.96. The Bertz CT molecular complexity index is 839. The van der Waals surface area contributed by atoms with Gasteiger partial charge in [-0.1, -0.05) is 6.07 Å². The molecule has 0 bridgehead atoms. The fourth-order valence-electron chi connectivity index (χ4n) is 2.72. The Labute approximate surface area is 121 Å². The van der Waals surface area contributed by atoms with Crippen molar-refractivity contribution in [3.8, 4) is 22.8 Å². The molecule has 4 rings (SSSR count). The predicted octanol–water partition coefficient (Wildman–Crippen LogP) is 2.50. The second-order valence-corrected chi connectivity index (χ2v) is 5.06. The Morgan fingerprint density at radius 2 is 2.10 bits per heavy atom. The molecule has 2 aromatic heterocycles. The van der Waals surface area contributed by atoms with E-state index in [4.69, 9.17) is 20.2 Å². The maximum absolute atomic E-state index is 5.94. The molecule has 0 fully saturated rings. The quantitative estimate of drug-likeness (QED) is 0.784. The average molecular weight is 281 g/mol. The second kappa shape index (κ2) is 4.49. The van der Waals surface area contributed by atoms with Gasteiger partial charge in [-0.05, 0) is 36.8 Å². The summed E-state index contributed by atoms with van der Waals surface area (Å²) in [5.41, 5.74) is 10.9. The summed E-state index contributed by atoms with van der Waals surface area (Å²) in [7, 11) is 0. The molecule has 1 aromatic carbocycles. The van der Waals surface area contributed by atoms with Crippen LogP contribution < -0.4 is 15.2 Å². The number of nitrogens with two attached hydrogens (primary N) is 1. The standard InChI is InChI=1S/C16H15N3O2/c1-10-3-2-6-19-12(8-17)15(18-16(10)19)11-4-5-13-14(7-11)21-9-20-13/h2-7H,8-9,17H2,1H3. The molecule has 0 saturated carbocycles. The smallest absolute Gasteiger partial charge is 0.231 e. The molecule has 0 spiro atoms. The van der Waals surface area contributed by atoms with Gasteiger partial charge in [-0.15, -0.1) is 0 Å². The molecule has 5 nitrogen and oxygen atoms in total. The van der Waals surface area contributed by atoms with Crippen LogP contribution >= 0.6 is 0 Å². The van der Waals surface area contributed by atoms with Crippen LogP contribution in [0.15, 0.2) is 36.5 Å². The second-order valence-electron chi connectivity index (χ2n) is 5.06. The normalized spacial score (nSPS) is 13.0. The molecule has 0 aliphatic carbocycles. The van der Waals surface area contributed by atoms with Crippen molar-refractivity contribution in [2.45, 2.75) is 13.5 Å². The SMILES string of the molecule is Cc1cccn2c(CN)c(-c3ccc4c(c3)OCO4)nc12. The van der Waals surface area contributed by atoms with Crippen molar-refractivity contribution >= 4 is 5.65 Å². The maximum Gasteiger partial charge on any atom is 0.231 e. The highest BCUT2D eigenvalue weighted by Gasteiger charge is 2.18. The topological polar surface area (TPSA) is 61.8 Å². The lowest BCUT2D eigenvalue weighted by Crippen LogP contribution is -2.02. The molecule has 5 heteroatoms. The third-order valence-electron chi connectivity index (χ3n) is 3.78. The Morgan fingerprint density at radius 1 is 1.24 bits per heavy atom. The van der Waals surface area contributed by atoms with Gasteiger partial charge in [0.2, 0.25) is 6.79 Å². The van der Waals surface area contributed by atoms with Crippen LogP contribution in [0.2, 0.25) is 0 Å². The predicted molar refractivity (Wildman–Crippen MR) is 79.4 cm³/mol.